The molecule has 2 saturated carbocycles. The van der Waals surface area contributed by atoms with Gasteiger partial charge >= 0.3 is 5.97 Å². The minimum atomic E-state index is -0.287. The molecule has 1 aromatic carbocycles. The fourth-order valence-electron chi connectivity index (χ4n) is 6.45. The topological polar surface area (TPSA) is 72.5 Å². The Morgan fingerprint density at radius 2 is 1.92 bits per heavy atom. The van der Waals surface area contributed by atoms with Crippen molar-refractivity contribution in [2.45, 2.75) is 88.7 Å². The molecule has 5 fully saturated rings. The van der Waals surface area contributed by atoms with E-state index in [1.807, 2.05) is 18.2 Å². The molecule has 0 amide bonds. The van der Waals surface area contributed by atoms with E-state index in [1.54, 1.807) is 6.07 Å². The summed E-state index contributed by atoms with van der Waals surface area (Å²) in [7, 11) is 0. The van der Waals surface area contributed by atoms with Crippen LogP contribution in [0.2, 0.25) is 5.02 Å². The van der Waals surface area contributed by atoms with Crippen LogP contribution in [0.4, 0.5) is 0 Å². The van der Waals surface area contributed by atoms with E-state index in [2.05, 4.69) is 6.08 Å². The van der Waals surface area contributed by atoms with Crippen LogP contribution in [0.25, 0.3) is 0 Å². The van der Waals surface area contributed by atoms with Gasteiger partial charge in [0.1, 0.15) is 24.6 Å². The van der Waals surface area contributed by atoms with Gasteiger partial charge in [-0.2, -0.15) is 0 Å². The van der Waals surface area contributed by atoms with Gasteiger partial charge in [0.2, 0.25) is 0 Å². The second kappa shape index (κ2) is 10.6. The molecule has 0 radical (unpaired) electrons. The highest BCUT2D eigenvalue weighted by Crippen LogP contribution is 2.69. The van der Waals surface area contributed by atoms with Gasteiger partial charge in [-0.3, -0.25) is 4.79 Å². The molecule has 2 aliphatic carbocycles. The molecule has 6 rings (SSSR count). The van der Waals surface area contributed by atoms with Crippen molar-refractivity contribution in [1.29, 1.82) is 0 Å². The summed E-state index contributed by atoms with van der Waals surface area (Å²) in [6.45, 7) is 1.81. The molecule has 0 N–H and O–H groups in total. The lowest BCUT2D eigenvalue weighted by atomic mass is 9.87. The largest absolute Gasteiger partial charge is 0.490 e. The maximum absolute atomic E-state index is 12.2. The smallest absolute Gasteiger partial charge is 0.306 e. The zero-order valence-electron chi connectivity index (χ0n) is 20.6. The molecular formula is C28H35ClO7. The van der Waals surface area contributed by atoms with E-state index in [4.69, 9.17) is 40.0 Å². The molecule has 5 aliphatic rings. The number of esters is 1. The summed E-state index contributed by atoms with van der Waals surface area (Å²) in [5.41, 5.74) is 1.08. The first-order chi connectivity index (χ1) is 17.6. The Morgan fingerprint density at radius 3 is 2.67 bits per heavy atom. The minimum absolute atomic E-state index is 0.0182. The van der Waals surface area contributed by atoms with Gasteiger partial charge in [0.05, 0.1) is 12.5 Å². The van der Waals surface area contributed by atoms with Crippen molar-refractivity contribution in [2.24, 2.45) is 11.3 Å². The minimum Gasteiger partial charge on any atom is -0.490 e. The fourth-order valence-corrected chi connectivity index (χ4v) is 6.63. The molecule has 3 unspecified atom stereocenters. The monoisotopic (exact) mass is 518 g/mol. The molecule has 0 bridgehead atoms. The van der Waals surface area contributed by atoms with Crippen LogP contribution in [0.3, 0.4) is 0 Å². The Labute approximate surface area is 217 Å². The molecule has 3 heterocycles. The number of fused-ring (bicyclic) bond motifs is 2. The van der Waals surface area contributed by atoms with Crippen molar-refractivity contribution < 1.29 is 33.2 Å². The Kier molecular flexibility index (Phi) is 7.28. The van der Waals surface area contributed by atoms with Gasteiger partial charge in [-0.15, -0.1) is 0 Å². The van der Waals surface area contributed by atoms with Crippen LogP contribution in [-0.2, 0) is 28.5 Å². The van der Waals surface area contributed by atoms with Gasteiger partial charge in [-0.25, -0.2) is 0 Å². The van der Waals surface area contributed by atoms with Crippen LogP contribution < -0.4 is 4.74 Å². The van der Waals surface area contributed by atoms with Crippen molar-refractivity contribution in [2.75, 3.05) is 19.8 Å². The highest BCUT2D eigenvalue weighted by atomic mass is 35.5. The highest BCUT2D eigenvalue weighted by molar-refractivity contribution is 6.30. The molecular weight excluding hydrogens is 484 g/mol. The molecule has 1 spiro atoms. The van der Waals surface area contributed by atoms with Crippen LogP contribution in [0.5, 0.6) is 5.75 Å². The van der Waals surface area contributed by atoms with E-state index in [0.717, 1.165) is 58.0 Å². The second-order valence-corrected chi connectivity index (χ2v) is 11.1. The van der Waals surface area contributed by atoms with Crippen LogP contribution in [0, 0.1) is 11.3 Å². The average Bonchev–Trinajstić information content (AvgIpc) is 3.38. The maximum atomic E-state index is 12.2. The zero-order valence-corrected chi connectivity index (χ0v) is 21.3. The third-order valence-electron chi connectivity index (χ3n) is 8.27. The van der Waals surface area contributed by atoms with Gasteiger partial charge in [-0.1, -0.05) is 29.3 Å². The van der Waals surface area contributed by atoms with E-state index >= 15 is 0 Å². The first-order valence-electron chi connectivity index (χ1n) is 13.4. The van der Waals surface area contributed by atoms with Crippen LogP contribution in [-0.4, -0.2) is 56.7 Å². The lowest BCUT2D eigenvalue weighted by Crippen LogP contribution is -2.33. The van der Waals surface area contributed by atoms with Gasteiger partial charge < -0.3 is 28.4 Å². The molecule has 7 atom stereocenters. The lowest BCUT2D eigenvalue weighted by molar-refractivity contribution is -0.199. The average molecular weight is 519 g/mol. The molecule has 196 valence electrons. The van der Waals surface area contributed by atoms with E-state index in [0.29, 0.717) is 30.4 Å². The number of benzene rings is 1. The molecule has 36 heavy (non-hydrogen) atoms. The standard InChI is InChI=1S/C28H35ClO7/c29-19-6-5-7-20(13-19)33-17-21(34-26-8-1-3-10-31-26)12-18-16-28(18)22-14-25(30)35-23(22)15-24(28)36-27-9-2-4-11-32-27/h5-7,12-13,21-24,26-27H,1-4,8-11,14-17H2/b18-12+/t21-,22+,23+,24-,26?,27?,28?/m1/s1. The number of hydrogen-bond acceptors (Lipinski definition) is 7. The van der Waals surface area contributed by atoms with Gasteiger partial charge in [0.15, 0.2) is 12.6 Å². The van der Waals surface area contributed by atoms with Crippen LogP contribution in [0.15, 0.2) is 35.9 Å². The SMILES string of the molecule is O=C1C[C@H]2[C@H](C[C@@H](OC3CCCCO3)C23C/C3=C\[C@H](COc2cccc(Cl)c2)OC2CCCCO2)O1. The molecule has 0 aromatic heterocycles. The number of ether oxygens (including phenoxy) is 6. The summed E-state index contributed by atoms with van der Waals surface area (Å²) in [4.78, 5) is 12.2. The summed E-state index contributed by atoms with van der Waals surface area (Å²) in [6, 6.07) is 7.39. The first-order valence-corrected chi connectivity index (χ1v) is 13.8. The normalized spacial score (nSPS) is 37.6. The van der Waals surface area contributed by atoms with Crippen molar-refractivity contribution >= 4 is 17.6 Å². The molecule has 7 nitrogen and oxygen atoms in total. The second-order valence-electron chi connectivity index (χ2n) is 10.6. The Hall–Kier alpha value is -1.64. The number of carbonyl (C=O) groups is 1. The lowest BCUT2D eigenvalue weighted by Gasteiger charge is -2.30. The van der Waals surface area contributed by atoms with E-state index < -0.39 is 0 Å². The van der Waals surface area contributed by atoms with Crippen molar-refractivity contribution in [3.05, 3.63) is 40.9 Å². The molecule has 8 heteroatoms. The highest BCUT2D eigenvalue weighted by Gasteiger charge is 2.69. The third kappa shape index (κ3) is 5.18. The van der Waals surface area contributed by atoms with Gasteiger partial charge in [0.25, 0.3) is 0 Å². The van der Waals surface area contributed by atoms with Crippen molar-refractivity contribution in [1.82, 2.24) is 0 Å². The Morgan fingerprint density at radius 1 is 1.11 bits per heavy atom. The predicted octanol–water partition coefficient (Wildman–Crippen LogP) is 5.19. The summed E-state index contributed by atoms with van der Waals surface area (Å²) >= 11 is 6.14. The van der Waals surface area contributed by atoms with Crippen molar-refractivity contribution in [3.8, 4) is 5.75 Å². The molecule has 3 aliphatic heterocycles. The number of carbonyl (C=O) groups excluding carboxylic acids is 1. The number of hydrogen-bond donors (Lipinski definition) is 0. The summed E-state index contributed by atoms with van der Waals surface area (Å²) in [6.07, 6.45) is 9.58. The van der Waals surface area contributed by atoms with Gasteiger partial charge in [-0.05, 0) is 63.1 Å². The fraction of sp³-hybridized carbons (Fsp3) is 0.679. The predicted molar refractivity (Wildman–Crippen MR) is 132 cm³/mol. The molecule has 1 aromatic rings. The van der Waals surface area contributed by atoms with E-state index in [1.165, 1.54) is 5.57 Å². The van der Waals surface area contributed by atoms with Gasteiger partial charge in [0, 0.05) is 36.0 Å². The first kappa shape index (κ1) is 24.7. The Balaban J connectivity index is 1.21. The Bertz CT molecular complexity index is 970. The summed E-state index contributed by atoms with van der Waals surface area (Å²) < 4.78 is 36.5. The molecule has 3 saturated heterocycles. The van der Waals surface area contributed by atoms with Crippen LogP contribution in [0.1, 0.15) is 57.8 Å². The summed E-state index contributed by atoms with van der Waals surface area (Å²) in [5.74, 6) is 0.747. The number of halogens is 1. The summed E-state index contributed by atoms with van der Waals surface area (Å²) in [5, 5.41) is 0.632. The quantitative estimate of drug-likeness (QED) is 0.346. The van der Waals surface area contributed by atoms with Crippen molar-refractivity contribution in [3.63, 3.8) is 0 Å². The maximum Gasteiger partial charge on any atom is 0.306 e. The van der Waals surface area contributed by atoms with E-state index in [-0.39, 0.29) is 48.2 Å². The van der Waals surface area contributed by atoms with E-state index in [9.17, 15) is 4.79 Å². The third-order valence-corrected chi connectivity index (χ3v) is 8.51. The zero-order chi connectivity index (χ0) is 24.5. The number of rotatable bonds is 8. The van der Waals surface area contributed by atoms with Crippen LogP contribution >= 0.6 is 11.6 Å².